The molecule has 10 heteroatoms. The maximum absolute atomic E-state index is 12.5. The van der Waals surface area contributed by atoms with Crippen LogP contribution in [0.4, 0.5) is 11.5 Å². The van der Waals surface area contributed by atoms with Gasteiger partial charge in [-0.05, 0) is 29.6 Å². The van der Waals surface area contributed by atoms with Crippen molar-refractivity contribution in [1.82, 2.24) is 15.1 Å². The first kappa shape index (κ1) is 19.6. The quantitative estimate of drug-likeness (QED) is 0.432. The second-order valence-electron chi connectivity index (χ2n) is 5.99. The van der Waals surface area contributed by atoms with Crippen LogP contribution in [0, 0.1) is 11.3 Å². The number of para-hydroxylation sites is 1. The number of rotatable bonds is 6. The number of nitriles is 1. The van der Waals surface area contributed by atoms with Gasteiger partial charge in [-0.25, -0.2) is 4.98 Å². The van der Waals surface area contributed by atoms with Crippen LogP contribution in [0.3, 0.4) is 0 Å². The third-order valence-corrected chi connectivity index (χ3v) is 5.80. The third-order valence-electron chi connectivity index (χ3n) is 3.95. The van der Waals surface area contributed by atoms with Gasteiger partial charge < -0.3 is 15.6 Å². The minimum absolute atomic E-state index is 0.0392. The number of thiophene rings is 1. The smallest absolute Gasteiger partial charge is 0.268 e. The number of nitrogen functional groups attached to an aromatic ring is 1. The van der Waals surface area contributed by atoms with Crippen molar-refractivity contribution in [1.29, 1.82) is 5.26 Å². The van der Waals surface area contributed by atoms with E-state index in [1.54, 1.807) is 24.3 Å². The van der Waals surface area contributed by atoms with Gasteiger partial charge in [0.1, 0.15) is 16.9 Å². The summed E-state index contributed by atoms with van der Waals surface area (Å²) in [4.78, 5) is 22.0. The van der Waals surface area contributed by atoms with Crippen molar-refractivity contribution in [2.45, 2.75) is 10.8 Å². The van der Waals surface area contributed by atoms with E-state index in [2.05, 4.69) is 26.5 Å². The second kappa shape index (κ2) is 8.77. The molecule has 0 fully saturated rings. The van der Waals surface area contributed by atoms with Gasteiger partial charge in [0.05, 0.1) is 21.8 Å². The van der Waals surface area contributed by atoms with E-state index < -0.39 is 5.91 Å². The summed E-state index contributed by atoms with van der Waals surface area (Å²) in [7, 11) is 0. The fraction of sp³-hybridized carbons (Fsp3) is 0.0500. The Kier molecular flexibility index (Phi) is 5.74. The Morgan fingerprint density at radius 3 is 2.80 bits per heavy atom. The predicted octanol–water partition coefficient (Wildman–Crippen LogP) is 4.19. The van der Waals surface area contributed by atoms with Crippen molar-refractivity contribution in [2.75, 3.05) is 11.1 Å². The third kappa shape index (κ3) is 4.32. The Morgan fingerprint density at radius 2 is 2.07 bits per heavy atom. The van der Waals surface area contributed by atoms with Gasteiger partial charge in [-0.15, -0.1) is 11.3 Å². The van der Waals surface area contributed by atoms with E-state index in [4.69, 9.17) is 10.3 Å². The molecule has 0 saturated carbocycles. The highest BCUT2D eigenvalue weighted by Crippen LogP contribution is 2.28. The van der Waals surface area contributed by atoms with E-state index in [-0.39, 0.29) is 16.9 Å². The zero-order chi connectivity index (χ0) is 20.9. The molecule has 8 nitrogen and oxygen atoms in total. The number of amides is 1. The Morgan fingerprint density at radius 1 is 1.23 bits per heavy atom. The number of pyridine rings is 1. The minimum Gasteiger partial charge on any atom is -0.383 e. The molecule has 3 N–H and O–H groups in total. The van der Waals surface area contributed by atoms with E-state index in [0.717, 1.165) is 4.88 Å². The summed E-state index contributed by atoms with van der Waals surface area (Å²) in [5.41, 5.74) is 7.00. The highest BCUT2D eigenvalue weighted by Gasteiger charge is 2.18. The molecular weight excluding hydrogens is 420 g/mol. The summed E-state index contributed by atoms with van der Waals surface area (Å²) in [5, 5.41) is 18.5. The lowest BCUT2D eigenvalue weighted by atomic mass is 10.2. The first-order chi connectivity index (χ1) is 14.6. The lowest BCUT2D eigenvalue weighted by molar-refractivity contribution is 0.102. The molecule has 0 saturated heterocycles. The van der Waals surface area contributed by atoms with Crippen LogP contribution in [0.25, 0.3) is 10.8 Å². The summed E-state index contributed by atoms with van der Waals surface area (Å²) in [6, 6.07) is 16.3. The molecule has 0 spiro atoms. The number of anilines is 2. The number of carbonyl (C=O) groups excluding carboxylic acids is 1. The molecule has 0 radical (unpaired) electrons. The topological polar surface area (TPSA) is 131 Å². The normalized spacial score (nSPS) is 10.5. The minimum atomic E-state index is -0.432. The molecule has 4 aromatic rings. The lowest BCUT2D eigenvalue weighted by Gasteiger charge is -2.09. The Balaban J connectivity index is 1.50. The largest absolute Gasteiger partial charge is 0.383 e. The van der Waals surface area contributed by atoms with Gasteiger partial charge in [0.25, 0.3) is 11.8 Å². The Labute approximate surface area is 179 Å². The van der Waals surface area contributed by atoms with Gasteiger partial charge in [0, 0.05) is 5.69 Å². The number of nitrogens with two attached hydrogens (primary N) is 1. The first-order valence-corrected chi connectivity index (χ1v) is 10.6. The van der Waals surface area contributed by atoms with E-state index in [1.807, 2.05) is 23.6 Å². The van der Waals surface area contributed by atoms with Crippen LogP contribution < -0.4 is 11.1 Å². The summed E-state index contributed by atoms with van der Waals surface area (Å²) < 4.78 is 5.26. The van der Waals surface area contributed by atoms with Gasteiger partial charge in [-0.1, -0.05) is 41.2 Å². The molecule has 3 aromatic heterocycles. The number of aromatic nitrogens is 3. The molecule has 0 atom stereocenters. The van der Waals surface area contributed by atoms with E-state index >= 15 is 0 Å². The molecule has 0 aliphatic carbocycles. The SMILES string of the molecule is N#Cc1cc(C(=O)Nc2ccccc2)c(N)nc1SCc1noc(-c2cccs2)n1. The Bertz CT molecular complexity index is 1220. The fourth-order valence-corrected chi connectivity index (χ4v) is 4.00. The van der Waals surface area contributed by atoms with Crippen molar-refractivity contribution in [3.63, 3.8) is 0 Å². The monoisotopic (exact) mass is 434 g/mol. The average molecular weight is 435 g/mol. The lowest BCUT2D eigenvalue weighted by Crippen LogP contribution is -2.15. The van der Waals surface area contributed by atoms with Gasteiger partial charge in [-0.3, -0.25) is 4.79 Å². The van der Waals surface area contributed by atoms with Gasteiger partial charge in [0.2, 0.25) is 0 Å². The van der Waals surface area contributed by atoms with Crippen molar-refractivity contribution in [2.24, 2.45) is 0 Å². The molecule has 148 valence electrons. The first-order valence-electron chi connectivity index (χ1n) is 8.70. The molecular formula is C20H14N6O2S2. The molecule has 0 unspecified atom stereocenters. The zero-order valence-electron chi connectivity index (χ0n) is 15.4. The molecule has 1 amide bonds. The molecule has 30 heavy (non-hydrogen) atoms. The number of nitrogens with zero attached hydrogens (tertiary/aromatic N) is 4. The molecule has 0 aliphatic heterocycles. The number of thioether (sulfide) groups is 1. The molecule has 0 aliphatic rings. The summed E-state index contributed by atoms with van der Waals surface area (Å²) in [6.45, 7) is 0. The summed E-state index contributed by atoms with van der Waals surface area (Å²) in [6.07, 6.45) is 0. The summed E-state index contributed by atoms with van der Waals surface area (Å²) in [5.74, 6) is 0.862. The maximum Gasteiger partial charge on any atom is 0.268 e. The van der Waals surface area contributed by atoms with Gasteiger partial charge in [0.15, 0.2) is 5.82 Å². The fourth-order valence-electron chi connectivity index (χ4n) is 2.55. The van der Waals surface area contributed by atoms with Crippen LogP contribution >= 0.6 is 23.1 Å². The molecule has 3 heterocycles. The zero-order valence-corrected chi connectivity index (χ0v) is 17.0. The van der Waals surface area contributed by atoms with Crippen LogP contribution in [-0.2, 0) is 5.75 Å². The van der Waals surface area contributed by atoms with Crippen LogP contribution in [0.2, 0.25) is 0 Å². The highest BCUT2D eigenvalue weighted by atomic mass is 32.2. The van der Waals surface area contributed by atoms with Crippen LogP contribution in [0.5, 0.6) is 0 Å². The van der Waals surface area contributed by atoms with Crippen molar-refractivity contribution in [3.8, 4) is 16.8 Å². The molecule has 1 aromatic carbocycles. The van der Waals surface area contributed by atoms with E-state index in [1.165, 1.54) is 29.2 Å². The molecule has 4 rings (SSSR count). The summed E-state index contributed by atoms with van der Waals surface area (Å²) >= 11 is 2.75. The van der Waals surface area contributed by atoms with Gasteiger partial charge in [-0.2, -0.15) is 10.2 Å². The van der Waals surface area contributed by atoms with Crippen molar-refractivity contribution < 1.29 is 9.32 Å². The number of hydrogen-bond donors (Lipinski definition) is 2. The molecule has 0 bridgehead atoms. The van der Waals surface area contributed by atoms with Crippen LogP contribution in [0.1, 0.15) is 21.7 Å². The van der Waals surface area contributed by atoms with Crippen LogP contribution in [-0.4, -0.2) is 21.0 Å². The standard InChI is InChI=1S/C20H14N6O2S2/c21-10-12-9-14(18(27)23-13-5-2-1-3-6-13)17(22)25-20(12)30-11-16-24-19(28-26-16)15-7-4-8-29-15/h1-9H,11H2,(H2,22,25)(H,23,27). The van der Waals surface area contributed by atoms with Crippen molar-refractivity contribution >= 4 is 40.5 Å². The highest BCUT2D eigenvalue weighted by molar-refractivity contribution is 7.98. The number of benzene rings is 1. The Hall–Kier alpha value is -3.68. The van der Waals surface area contributed by atoms with Crippen molar-refractivity contribution in [3.05, 3.63) is 70.9 Å². The number of carbonyl (C=O) groups is 1. The van der Waals surface area contributed by atoms with E-state index in [9.17, 15) is 10.1 Å². The average Bonchev–Trinajstić information content (AvgIpc) is 3.45. The second-order valence-corrected chi connectivity index (χ2v) is 7.90. The van der Waals surface area contributed by atoms with Gasteiger partial charge >= 0.3 is 0 Å². The maximum atomic E-state index is 12.5. The number of hydrogen-bond acceptors (Lipinski definition) is 9. The van der Waals surface area contributed by atoms with Crippen LogP contribution in [0.15, 0.2) is 63.5 Å². The number of nitrogens with one attached hydrogen (secondary N) is 1. The van der Waals surface area contributed by atoms with E-state index in [0.29, 0.717) is 28.2 Å². The predicted molar refractivity (Wildman–Crippen MR) is 115 cm³/mol.